The van der Waals surface area contributed by atoms with Crippen LogP contribution in [0.4, 0.5) is 4.79 Å². The van der Waals surface area contributed by atoms with Gasteiger partial charge in [0.2, 0.25) is 0 Å². The Bertz CT molecular complexity index is 228. The molecule has 4 heteroatoms. The lowest BCUT2D eigenvalue weighted by Gasteiger charge is -2.20. The molecule has 0 aromatic carbocycles. The highest BCUT2D eigenvalue weighted by atomic mass is 16.6. The summed E-state index contributed by atoms with van der Waals surface area (Å²) in [5.74, 6) is 0. The van der Waals surface area contributed by atoms with Crippen LogP contribution < -0.4 is 5.73 Å². The molecule has 1 heterocycles. The maximum Gasteiger partial charge on any atom is 0.410 e. The minimum Gasteiger partial charge on any atom is -0.441 e. The van der Waals surface area contributed by atoms with Gasteiger partial charge in [-0.05, 0) is 26.3 Å². The highest BCUT2D eigenvalue weighted by molar-refractivity contribution is 5.71. The summed E-state index contributed by atoms with van der Waals surface area (Å²) >= 11 is 0. The van der Waals surface area contributed by atoms with Gasteiger partial charge in [-0.3, -0.25) is 0 Å². The normalized spacial score (nSPS) is 33.7. The second-order valence-electron chi connectivity index (χ2n) is 4.22. The Labute approximate surface area is 78.0 Å². The minimum atomic E-state index is -0.339. The first-order valence-corrected chi connectivity index (χ1v) is 4.84. The van der Waals surface area contributed by atoms with Crippen molar-refractivity contribution < 1.29 is 9.53 Å². The van der Waals surface area contributed by atoms with Crippen molar-refractivity contribution in [2.75, 3.05) is 13.1 Å². The lowest BCUT2D eigenvalue weighted by Crippen LogP contribution is -2.34. The first kappa shape index (κ1) is 8.81. The average molecular weight is 184 g/mol. The summed E-state index contributed by atoms with van der Waals surface area (Å²) in [5, 5.41) is 0. The quantitative estimate of drug-likeness (QED) is 0.702. The molecule has 1 saturated carbocycles. The fraction of sp³-hybridized carbons (Fsp3) is 0.889. The van der Waals surface area contributed by atoms with Crippen molar-refractivity contribution in [1.29, 1.82) is 0 Å². The molecule has 1 aliphatic carbocycles. The van der Waals surface area contributed by atoms with Crippen LogP contribution in [0.3, 0.4) is 0 Å². The molecular weight excluding hydrogens is 168 g/mol. The molecule has 13 heavy (non-hydrogen) atoms. The van der Waals surface area contributed by atoms with Crippen molar-refractivity contribution in [3.63, 3.8) is 0 Å². The highest BCUT2D eigenvalue weighted by Crippen LogP contribution is 2.35. The molecule has 1 saturated heterocycles. The Kier molecular flexibility index (Phi) is 1.95. The van der Waals surface area contributed by atoms with Crippen molar-refractivity contribution in [3.05, 3.63) is 0 Å². The van der Waals surface area contributed by atoms with Crippen molar-refractivity contribution in [2.45, 2.75) is 37.8 Å². The first-order chi connectivity index (χ1) is 6.14. The number of nitrogens with zero attached hydrogens (tertiary/aromatic N) is 1. The molecule has 2 rings (SSSR count). The van der Waals surface area contributed by atoms with E-state index >= 15 is 0 Å². The van der Waals surface area contributed by atoms with Gasteiger partial charge in [-0.25, -0.2) is 4.79 Å². The third kappa shape index (κ3) is 1.63. The molecule has 0 radical (unpaired) electrons. The van der Waals surface area contributed by atoms with E-state index < -0.39 is 0 Å². The van der Waals surface area contributed by atoms with E-state index in [9.17, 15) is 4.79 Å². The van der Waals surface area contributed by atoms with E-state index in [0.29, 0.717) is 19.1 Å². The monoisotopic (exact) mass is 184 g/mol. The molecule has 1 aliphatic heterocycles. The van der Waals surface area contributed by atoms with Gasteiger partial charge in [0.1, 0.15) is 5.60 Å². The van der Waals surface area contributed by atoms with Gasteiger partial charge in [0.05, 0.1) is 6.54 Å². The summed E-state index contributed by atoms with van der Waals surface area (Å²) in [5.41, 5.74) is 5.13. The molecule has 2 N–H and O–H groups in total. The molecule has 0 aromatic heterocycles. The van der Waals surface area contributed by atoms with Crippen molar-refractivity contribution in [2.24, 2.45) is 5.73 Å². The van der Waals surface area contributed by atoms with Gasteiger partial charge in [0.15, 0.2) is 0 Å². The zero-order chi connectivity index (χ0) is 9.47. The zero-order valence-electron chi connectivity index (χ0n) is 7.95. The summed E-state index contributed by atoms with van der Waals surface area (Å²) in [6.45, 7) is 3.25. The van der Waals surface area contributed by atoms with Crippen molar-refractivity contribution >= 4 is 6.09 Å². The van der Waals surface area contributed by atoms with Crippen molar-refractivity contribution in [1.82, 2.24) is 4.90 Å². The number of hydrogen-bond donors (Lipinski definition) is 1. The molecule has 1 amide bonds. The lowest BCUT2D eigenvalue weighted by molar-refractivity contribution is 0.0669. The zero-order valence-corrected chi connectivity index (χ0v) is 7.95. The second kappa shape index (κ2) is 2.87. The van der Waals surface area contributed by atoms with E-state index in [-0.39, 0.29) is 11.7 Å². The number of rotatable bonds is 3. The molecule has 2 fully saturated rings. The maximum absolute atomic E-state index is 11.4. The van der Waals surface area contributed by atoms with Crippen LogP contribution in [0.15, 0.2) is 0 Å². The van der Waals surface area contributed by atoms with Crippen LogP contribution in [0.5, 0.6) is 0 Å². The largest absolute Gasteiger partial charge is 0.441 e. The van der Waals surface area contributed by atoms with Crippen LogP contribution >= 0.6 is 0 Å². The number of carbonyl (C=O) groups is 1. The van der Waals surface area contributed by atoms with E-state index in [1.807, 2.05) is 11.8 Å². The Morgan fingerprint density at radius 3 is 2.92 bits per heavy atom. The average Bonchev–Trinajstić information content (AvgIpc) is 2.79. The van der Waals surface area contributed by atoms with Gasteiger partial charge in [-0.2, -0.15) is 0 Å². The van der Waals surface area contributed by atoms with E-state index in [1.165, 1.54) is 0 Å². The first-order valence-electron chi connectivity index (χ1n) is 4.84. The Hall–Kier alpha value is -0.770. The summed E-state index contributed by atoms with van der Waals surface area (Å²) in [6, 6.07) is 0.451. The topological polar surface area (TPSA) is 55.6 Å². The standard InChI is InChI=1S/C9H16N2O2/c1-9(4-5-10)6-11(7-2-3-7)8(12)13-9/h7H,2-6,10H2,1H3. The molecule has 0 aromatic rings. The SMILES string of the molecule is CC1(CCN)CN(C2CC2)C(=O)O1. The molecule has 4 nitrogen and oxygen atoms in total. The van der Waals surface area contributed by atoms with Crippen LogP contribution in [0.1, 0.15) is 26.2 Å². The van der Waals surface area contributed by atoms with E-state index in [2.05, 4.69) is 0 Å². The van der Waals surface area contributed by atoms with Crippen LogP contribution in [-0.4, -0.2) is 35.7 Å². The van der Waals surface area contributed by atoms with Gasteiger partial charge in [-0.1, -0.05) is 0 Å². The number of hydrogen-bond acceptors (Lipinski definition) is 3. The van der Waals surface area contributed by atoms with Gasteiger partial charge in [-0.15, -0.1) is 0 Å². The fourth-order valence-corrected chi connectivity index (χ4v) is 1.83. The predicted octanol–water partition coefficient (Wildman–Crippen LogP) is 0.709. The number of carbonyl (C=O) groups excluding carboxylic acids is 1. The minimum absolute atomic E-state index is 0.154. The number of amides is 1. The maximum atomic E-state index is 11.4. The number of cyclic esters (lactones) is 1. The molecule has 1 unspecified atom stereocenters. The van der Waals surface area contributed by atoms with Crippen LogP contribution in [0.25, 0.3) is 0 Å². The van der Waals surface area contributed by atoms with Crippen LogP contribution in [0.2, 0.25) is 0 Å². The molecule has 0 spiro atoms. The smallest absolute Gasteiger partial charge is 0.410 e. The van der Waals surface area contributed by atoms with Gasteiger partial charge < -0.3 is 15.4 Å². The second-order valence-corrected chi connectivity index (χ2v) is 4.22. The van der Waals surface area contributed by atoms with E-state index in [4.69, 9.17) is 10.5 Å². The molecule has 1 atom stereocenters. The molecular formula is C9H16N2O2. The van der Waals surface area contributed by atoms with E-state index in [1.54, 1.807) is 0 Å². The molecule has 0 bridgehead atoms. The highest BCUT2D eigenvalue weighted by Gasteiger charge is 2.46. The van der Waals surface area contributed by atoms with Crippen molar-refractivity contribution in [3.8, 4) is 0 Å². The lowest BCUT2D eigenvalue weighted by atomic mass is 10.0. The van der Waals surface area contributed by atoms with E-state index in [0.717, 1.165) is 19.3 Å². The van der Waals surface area contributed by atoms with Gasteiger partial charge in [0.25, 0.3) is 0 Å². The van der Waals surface area contributed by atoms with Crippen LogP contribution in [0, 0.1) is 0 Å². The Balaban J connectivity index is 2.00. The molecule has 2 aliphatic rings. The van der Waals surface area contributed by atoms with Gasteiger partial charge in [0, 0.05) is 12.5 Å². The Morgan fingerprint density at radius 2 is 2.38 bits per heavy atom. The Morgan fingerprint density at radius 1 is 1.69 bits per heavy atom. The summed E-state index contributed by atoms with van der Waals surface area (Å²) in [7, 11) is 0. The summed E-state index contributed by atoms with van der Waals surface area (Å²) in [6.07, 6.45) is 2.86. The fourth-order valence-electron chi connectivity index (χ4n) is 1.83. The number of nitrogens with two attached hydrogens (primary N) is 1. The predicted molar refractivity (Wildman–Crippen MR) is 48.3 cm³/mol. The number of ether oxygens (including phenoxy) is 1. The third-order valence-electron chi connectivity index (χ3n) is 2.73. The molecule has 74 valence electrons. The van der Waals surface area contributed by atoms with Crippen LogP contribution in [-0.2, 0) is 4.74 Å². The summed E-state index contributed by atoms with van der Waals surface area (Å²) < 4.78 is 5.31. The van der Waals surface area contributed by atoms with Gasteiger partial charge >= 0.3 is 6.09 Å². The summed E-state index contributed by atoms with van der Waals surface area (Å²) in [4.78, 5) is 13.3. The third-order valence-corrected chi connectivity index (χ3v) is 2.73.